The summed E-state index contributed by atoms with van der Waals surface area (Å²) in [5.74, 6) is -1.44. The standard InChI is InChI=1S/C19H19N3O4S2.C2HF3O2/c1-2-25-15-5-3-4-14(12-15)22-9-10-26-18-13-16(6-7-17(18)22)28(23,24)21-19-20-8-11-27-19;3-2(4,5)1(6)7/h3-8,11-13H,2,9-10H2,1H3,(H,20,21);(H,6,7). The number of aromatic nitrogens is 1. The lowest BCUT2D eigenvalue weighted by atomic mass is 10.2. The Balaban J connectivity index is 0.000000429. The SMILES string of the molecule is CCOc1cccc(N2CCOc3cc(S(=O)(=O)Nc4nccs4)ccc32)c1.O=C(O)C(F)(F)F. The number of anilines is 3. The highest BCUT2D eigenvalue weighted by Gasteiger charge is 2.38. The molecule has 1 aromatic heterocycles. The third-order valence-corrected chi connectivity index (χ3v) is 6.60. The molecule has 4 rings (SSSR count). The normalized spacial score (nSPS) is 13.1. The molecule has 0 radical (unpaired) electrons. The average molecular weight is 532 g/mol. The molecule has 0 fully saturated rings. The van der Waals surface area contributed by atoms with Gasteiger partial charge in [-0.15, -0.1) is 11.3 Å². The largest absolute Gasteiger partial charge is 0.494 e. The number of benzene rings is 2. The van der Waals surface area contributed by atoms with E-state index < -0.39 is 22.2 Å². The molecule has 0 amide bonds. The number of halogens is 3. The lowest BCUT2D eigenvalue weighted by Gasteiger charge is -2.31. The van der Waals surface area contributed by atoms with Crippen LogP contribution in [-0.2, 0) is 14.8 Å². The summed E-state index contributed by atoms with van der Waals surface area (Å²) in [6.45, 7) is 3.65. The Hall–Kier alpha value is -3.52. The number of alkyl halides is 3. The van der Waals surface area contributed by atoms with E-state index in [9.17, 15) is 21.6 Å². The van der Waals surface area contributed by atoms with Crippen LogP contribution in [0.4, 0.5) is 29.7 Å². The van der Waals surface area contributed by atoms with Crippen LogP contribution in [0.15, 0.2) is 58.9 Å². The maximum atomic E-state index is 12.6. The van der Waals surface area contributed by atoms with E-state index in [1.54, 1.807) is 29.8 Å². The Morgan fingerprint density at radius 3 is 2.66 bits per heavy atom. The predicted molar refractivity (Wildman–Crippen MR) is 123 cm³/mol. The molecule has 35 heavy (non-hydrogen) atoms. The number of ether oxygens (including phenoxy) is 2. The molecule has 14 heteroatoms. The molecule has 2 heterocycles. The fraction of sp³-hybridized carbons (Fsp3) is 0.238. The Morgan fingerprint density at radius 2 is 2.03 bits per heavy atom. The van der Waals surface area contributed by atoms with Crippen molar-refractivity contribution in [3.05, 3.63) is 54.0 Å². The zero-order valence-electron chi connectivity index (χ0n) is 18.2. The van der Waals surface area contributed by atoms with Crippen LogP contribution < -0.4 is 19.1 Å². The van der Waals surface area contributed by atoms with Gasteiger partial charge in [0.15, 0.2) is 5.13 Å². The quantitative estimate of drug-likeness (QED) is 0.477. The van der Waals surface area contributed by atoms with Crippen LogP contribution in [-0.4, -0.2) is 50.4 Å². The van der Waals surface area contributed by atoms with Crippen molar-refractivity contribution in [2.75, 3.05) is 29.4 Å². The molecule has 0 atom stereocenters. The van der Waals surface area contributed by atoms with Crippen molar-refractivity contribution in [3.63, 3.8) is 0 Å². The minimum Gasteiger partial charge on any atom is -0.494 e. The molecule has 0 aliphatic carbocycles. The fourth-order valence-electron chi connectivity index (χ4n) is 2.99. The Bertz CT molecular complexity index is 1270. The van der Waals surface area contributed by atoms with Crippen molar-refractivity contribution in [1.82, 2.24) is 4.98 Å². The van der Waals surface area contributed by atoms with Gasteiger partial charge in [-0.2, -0.15) is 13.2 Å². The molecule has 0 unspecified atom stereocenters. The van der Waals surface area contributed by atoms with Gasteiger partial charge in [0.2, 0.25) is 0 Å². The van der Waals surface area contributed by atoms with Crippen LogP contribution >= 0.6 is 11.3 Å². The maximum Gasteiger partial charge on any atom is 0.490 e. The number of aliphatic carboxylic acids is 1. The van der Waals surface area contributed by atoms with Gasteiger partial charge >= 0.3 is 12.1 Å². The number of carboxylic acids is 1. The van der Waals surface area contributed by atoms with Gasteiger partial charge in [-0.05, 0) is 31.2 Å². The van der Waals surface area contributed by atoms with Crippen LogP contribution in [0.5, 0.6) is 11.5 Å². The highest BCUT2D eigenvalue weighted by atomic mass is 32.2. The second-order valence-corrected chi connectivity index (χ2v) is 9.38. The lowest BCUT2D eigenvalue weighted by Crippen LogP contribution is -2.28. The van der Waals surface area contributed by atoms with Gasteiger partial charge in [-0.1, -0.05) is 6.07 Å². The molecular weight excluding hydrogens is 511 g/mol. The number of nitrogens with zero attached hydrogens (tertiary/aromatic N) is 2. The highest BCUT2D eigenvalue weighted by molar-refractivity contribution is 7.93. The molecule has 188 valence electrons. The molecule has 1 aliphatic heterocycles. The first kappa shape index (κ1) is 26.1. The number of carbonyl (C=O) groups is 1. The second kappa shape index (κ2) is 10.8. The maximum absolute atomic E-state index is 12.6. The molecular formula is C21H20F3N3O6S2. The monoisotopic (exact) mass is 531 g/mol. The van der Waals surface area contributed by atoms with E-state index in [2.05, 4.69) is 14.6 Å². The van der Waals surface area contributed by atoms with Crippen LogP contribution in [0.3, 0.4) is 0 Å². The van der Waals surface area contributed by atoms with Crippen LogP contribution in [0.2, 0.25) is 0 Å². The van der Waals surface area contributed by atoms with Gasteiger partial charge in [-0.25, -0.2) is 18.2 Å². The average Bonchev–Trinajstić information content (AvgIpc) is 3.31. The van der Waals surface area contributed by atoms with E-state index in [-0.39, 0.29) is 4.90 Å². The zero-order valence-corrected chi connectivity index (χ0v) is 19.8. The minimum atomic E-state index is -5.08. The number of hydrogen-bond donors (Lipinski definition) is 2. The van der Waals surface area contributed by atoms with Crippen molar-refractivity contribution in [3.8, 4) is 11.5 Å². The summed E-state index contributed by atoms with van der Waals surface area (Å²) >= 11 is 1.22. The van der Waals surface area contributed by atoms with Gasteiger partial charge in [0.25, 0.3) is 10.0 Å². The van der Waals surface area contributed by atoms with E-state index in [1.807, 2.05) is 31.2 Å². The first-order chi connectivity index (χ1) is 16.5. The first-order valence-electron chi connectivity index (χ1n) is 10.0. The summed E-state index contributed by atoms with van der Waals surface area (Å²) in [6, 6.07) is 12.7. The molecule has 0 bridgehead atoms. The van der Waals surface area contributed by atoms with Gasteiger partial charge in [0, 0.05) is 29.4 Å². The minimum absolute atomic E-state index is 0.131. The molecule has 0 spiro atoms. The molecule has 1 aliphatic rings. The Kier molecular flexibility index (Phi) is 8.07. The number of nitrogens with one attached hydrogen (secondary N) is 1. The molecule has 0 saturated heterocycles. The van der Waals surface area contributed by atoms with Crippen LogP contribution in [0.1, 0.15) is 6.92 Å². The summed E-state index contributed by atoms with van der Waals surface area (Å²) in [7, 11) is -3.73. The van der Waals surface area contributed by atoms with Gasteiger partial charge in [0.05, 0.1) is 23.7 Å². The Morgan fingerprint density at radius 1 is 1.29 bits per heavy atom. The summed E-state index contributed by atoms with van der Waals surface area (Å²) in [4.78, 5) is 15.1. The van der Waals surface area contributed by atoms with Crippen molar-refractivity contribution in [2.45, 2.75) is 18.0 Å². The summed E-state index contributed by atoms with van der Waals surface area (Å²) in [5.41, 5.74) is 1.78. The molecule has 0 saturated carbocycles. The lowest BCUT2D eigenvalue weighted by molar-refractivity contribution is -0.192. The van der Waals surface area contributed by atoms with Crippen molar-refractivity contribution >= 4 is 43.8 Å². The van der Waals surface area contributed by atoms with Crippen molar-refractivity contribution in [2.24, 2.45) is 0 Å². The Labute approximate surface area is 202 Å². The highest BCUT2D eigenvalue weighted by Crippen LogP contribution is 2.39. The number of rotatable bonds is 6. The molecule has 9 nitrogen and oxygen atoms in total. The van der Waals surface area contributed by atoms with Gasteiger partial charge in [-0.3, -0.25) is 4.72 Å². The van der Waals surface area contributed by atoms with E-state index in [0.717, 1.165) is 17.1 Å². The smallest absolute Gasteiger partial charge is 0.490 e. The first-order valence-corrected chi connectivity index (χ1v) is 12.4. The van der Waals surface area contributed by atoms with E-state index in [0.29, 0.717) is 30.6 Å². The number of carboxylic acid groups (broad SMARTS) is 1. The number of thiazole rings is 1. The number of sulfonamides is 1. The summed E-state index contributed by atoms with van der Waals surface area (Å²) < 4.78 is 70.8. The third-order valence-electron chi connectivity index (χ3n) is 4.44. The third kappa shape index (κ3) is 6.76. The van der Waals surface area contributed by atoms with Gasteiger partial charge in [0.1, 0.15) is 18.1 Å². The summed E-state index contributed by atoms with van der Waals surface area (Å²) in [5, 5.41) is 9.16. The zero-order chi connectivity index (χ0) is 25.6. The molecule has 2 aromatic carbocycles. The van der Waals surface area contributed by atoms with Crippen LogP contribution in [0.25, 0.3) is 0 Å². The second-order valence-electron chi connectivity index (χ2n) is 6.81. The van der Waals surface area contributed by atoms with Crippen molar-refractivity contribution in [1.29, 1.82) is 0 Å². The molecule has 3 aromatic rings. The molecule has 2 N–H and O–H groups in total. The summed E-state index contributed by atoms with van der Waals surface area (Å²) in [6.07, 6.45) is -3.53. The predicted octanol–water partition coefficient (Wildman–Crippen LogP) is 4.51. The fourth-order valence-corrected chi connectivity index (χ4v) is 4.80. The van der Waals surface area contributed by atoms with E-state index >= 15 is 0 Å². The van der Waals surface area contributed by atoms with E-state index in [1.165, 1.54) is 11.3 Å². The van der Waals surface area contributed by atoms with E-state index in [4.69, 9.17) is 19.4 Å². The topological polar surface area (TPSA) is 118 Å². The van der Waals surface area contributed by atoms with Gasteiger partial charge < -0.3 is 19.5 Å². The number of hydrogen-bond acceptors (Lipinski definition) is 8. The van der Waals surface area contributed by atoms with Crippen molar-refractivity contribution < 1.29 is 41.0 Å². The van der Waals surface area contributed by atoms with Crippen LogP contribution in [0, 0.1) is 0 Å². The number of fused-ring (bicyclic) bond motifs is 1.